The summed E-state index contributed by atoms with van der Waals surface area (Å²) in [6.45, 7) is 0. The molecule has 0 heterocycles. The van der Waals surface area contributed by atoms with Crippen molar-refractivity contribution in [2.75, 3.05) is 5.73 Å². The summed E-state index contributed by atoms with van der Waals surface area (Å²) in [4.78, 5) is 0. The van der Waals surface area contributed by atoms with E-state index in [0.29, 0.717) is 0 Å². The van der Waals surface area contributed by atoms with Crippen LogP contribution in [0.4, 0.5) is 18.9 Å². The van der Waals surface area contributed by atoms with E-state index in [1.165, 1.54) is 0 Å². The topological polar surface area (TPSA) is 26.0 Å². The van der Waals surface area contributed by atoms with Crippen LogP contribution in [-0.2, 0) is 6.18 Å². The zero-order valence-corrected chi connectivity index (χ0v) is 8.46. The van der Waals surface area contributed by atoms with Gasteiger partial charge in [0.1, 0.15) is 0 Å². The van der Waals surface area contributed by atoms with E-state index < -0.39 is 16.8 Å². The molecule has 0 spiro atoms. The van der Waals surface area contributed by atoms with Gasteiger partial charge in [0, 0.05) is 10.2 Å². The molecule has 0 radical (unpaired) electrons. The highest BCUT2D eigenvalue weighted by molar-refractivity contribution is 9.10. The Hall–Kier alpha value is -0.420. The van der Waals surface area contributed by atoms with E-state index in [1.807, 2.05) is 0 Å². The van der Waals surface area contributed by atoms with Crippen molar-refractivity contribution in [3.05, 3.63) is 27.2 Å². The quantitative estimate of drug-likeness (QED) is 0.717. The first-order valence-corrected chi connectivity index (χ1v) is 4.31. The van der Waals surface area contributed by atoms with E-state index in [1.54, 1.807) is 0 Å². The maximum Gasteiger partial charge on any atom is 0.418 e. The van der Waals surface area contributed by atoms with Crippen molar-refractivity contribution in [3.63, 3.8) is 0 Å². The van der Waals surface area contributed by atoms with Crippen molar-refractivity contribution in [2.24, 2.45) is 0 Å². The number of alkyl halides is 3. The molecule has 6 heteroatoms. The van der Waals surface area contributed by atoms with Crippen LogP contribution in [0.15, 0.2) is 16.6 Å². The lowest BCUT2D eigenvalue weighted by Crippen LogP contribution is -2.07. The van der Waals surface area contributed by atoms with Gasteiger partial charge in [-0.2, -0.15) is 13.2 Å². The number of hydrogen-bond acceptors (Lipinski definition) is 1. The average molecular weight is 274 g/mol. The minimum Gasteiger partial charge on any atom is -0.399 e. The highest BCUT2D eigenvalue weighted by Crippen LogP contribution is 2.40. The molecule has 2 N–H and O–H groups in total. The van der Waals surface area contributed by atoms with E-state index in [9.17, 15) is 13.2 Å². The Morgan fingerprint density at radius 2 is 1.85 bits per heavy atom. The van der Waals surface area contributed by atoms with E-state index in [4.69, 9.17) is 17.3 Å². The molecule has 1 rings (SSSR count). The summed E-state index contributed by atoms with van der Waals surface area (Å²) in [5.41, 5.74) is 4.58. The standard InChI is InChI=1S/C7H4BrClF3N/c8-4-1-3(13)2-5(9)6(4)7(10,11)12/h1-2H,13H2. The minimum absolute atomic E-state index is 0.148. The summed E-state index contributed by atoms with van der Waals surface area (Å²) in [7, 11) is 0. The number of rotatable bonds is 0. The molecule has 0 saturated heterocycles. The van der Waals surface area contributed by atoms with Gasteiger partial charge < -0.3 is 5.73 Å². The molecule has 0 aliphatic rings. The number of nitrogen functional groups attached to an aromatic ring is 1. The van der Waals surface area contributed by atoms with Crippen LogP contribution < -0.4 is 5.73 Å². The van der Waals surface area contributed by atoms with E-state index in [-0.39, 0.29) is 10.2 Å². The first-order chi connectivity index (χ1) is 5.82. The van der Waals surface area contributed by atoms with E-state index >= 15 is 0 Å². The van der Waals surface area contributed by atoms with Gasteiger partial charge in [-0.3, -0.25) is 0 Å². The Labute approximate surface area is 85.8 Å². The monoisotopic (exact) mass is 273 g/mol. The molecule has 0 amide bonds. The fourth-order valence-corrected chi connectivity index (χ4v) is 2.02. The van der Waals surface area contributed by atoms with E-state index in [2.05, 4.69) is 15.9 Å². The average Bonchev–Trinajstić information content (AvgIpc) is 1.78. The van der Waals surface area contributed by atoms with Gasteiger partial charge in [0.2, 0.25) is 0 Å². The molecule has 1 aromatic carbocycles. The largest absolute Gasteiger partial charge is 0.418 e. The fraction of sp³-hybridized carbons (Fsp3) is 0.143. The predicted octanol–water partition coefficient (Wildman–Crippen LogP) is 3.70. The first kappa shape index (κ1) is 10.7. The smallest absolute Gasteiger partial charge is 0.399 e. The minimum atomic E-state index is -4.47. The molecule has 72 valence electrons. The normalized spacial score (nSPS) is 11.8. The molecule has 0 fully saturated rings. The molecule has 0 unspecified atom stereocenters. The second kappa shape index (κ2) is 3.38. The molecule has 0 bridgehead atoms. The summed E-state index contributed by atoms with van der Waals surface area (Å²) >= 11 is 8.14. The Morgan fingerprint density at radius 3 is 2.23 bits per heavy atom. The van der Waals surface area contributed by atoms with Gasteiger partial charge in [0.15, 0.2) is 0 Å². The van der Waals surface area contributed by atoms with Crippen LogP contribution in [0.2, 0.25) is 5.02 Å². The zero-order chi connectivity index (χ0) is 10.2. The third-order valence-corrected chi connectivity index (χ3v) is 2.27. The Kier molecular flexibility index (Phi) is 2.77. The van der Waals surface area contributed by atoms with Gasteiger partial charge in [-0.05, 0) is 12.1 Å². The van der Waals surface area contributed by atoms with Gasteiger partial charge in [0.05, 0.1) is 10.6 Å². The zero-order valence-electron chi connectivity index (χ0n) is 6.12. The third-order valence-electron chi connectivity index (χ3n) is 1.35. The predicted molar refractivity (Wildman–Crippen MR) is 48.6 cm³/mol. The lowest BCUT2D eigenvalue weighted by Gasteiger charge is -2.11. The Morgan fingerprint density at radius 1 is 1.31 bits per heavy atom. The SMILES string of the molecule is Nc1cc(Cl)c(C(F)(F)F)c(Br)c1. The molecular weight excluding hydrogens is 270 g/mol. The van der Waals surface area contributed by atoms with Crippen LogP contribution in [-0.4, -0.2) is 0 Å². The second-order valence-electron chi connectivity index (χ2n) is 2.36. The number of nitrogens with two attached hydrogens (primary N) is 1. The van der Waals surface area contributed by atoms with Crippen LogP contribution in [0.1, 0.15) is 5.56 Å². The lowest BCUT2D eigenvalue weighted by molar-refractivity contribution is -0.138. The van der Waals surface area contributed by atoms with Crippen molar-refractivity contribution in [2.45, 2.75) is 6.18 Å². The van der Waals surface area contributed by atoms with Crippen LogP contribution in [0.5, 0.6) is 0 Å². The second-order valence-corrected chi connectivity index (χ2v) is 3.62. The molecule has 1 aromatic rings. The maximum atomic E-state index is 12.3. The highest BCUT2D eigenvalue weighted by Gasteiger charge is 2.35. The summed E-state index contributed by atoms with van der Waals surface area (Å²) in [6.07, 6.45) is -4.47. The van der Waals surface area contributed by atoms with Crippen LogP contribution >= 0.6 is 27.5 Å². The Bertz CT molecular complexity index is 314. The molecule has 0 aliphatic heterocycles. The maximum absolute atomic E-state index is 12.3. The van der Waals surface area contributed by atoms with Gasteiger partial charge in [-0.15, -0.1) is 0 Å². The Balaban J connectivity index is 3.38. The van der Waals surface area contributed by atoms with Crippen molar-refractivity contribution in [1.29, 1.82) is 0 Å². The molecule has 1 nitrogen and oxygen atoms in total. The van der Waals surface area contributed by atoms with Crippen LogP contribution in [0.3, 0.4) is 0 Å². The first-order valence-electron chi connectivity index (χ1n) is 3.14. The summed E-state index contributed by atoms with van der Waals surface area (Å²) in [5, 5.41) is -0.403. The van der Waals surface area contributed by atoms with Crippen LogP contribution in [0.25, 0.3) is 0 Å². The molecule has 13 heavy (non-hydrogen) atoms. The van der Waals surface area contributed by atoms with Crippen molar-refractivity contribution < 1.29 is 13.2 Å². The van der Waals surface area contributed by atoms with Crippen molar-refractivity contribution >= 4 is 33.2 Å². The highest BCUT2D eigenvalue weighted by atomic mass is 79.9. The van der Waals surface area contributed by atoms with Crippen LogP contribution in [0, 0.1) is 0 Å². The number of anilines is 1. The number of benzene rings is 1. The van der Waals surface area contributed by atoms with Gasteiger partial charge in [0.25, 0.3) is 0 Å². The molecular formula is C7H4BrClF3N. The number of halogens is 5. The van der Waals surface area contributed by atoms with Gasteiger partial charge in [-0.25, -0.2) is 0 Å². The third kappa shape index (κ3) is 2.28. The summed E-state index contributed by atoms with van der Waals surface area (Å²) < 4.78 is 36.7. The molecule has 0 atom stereocenters. The van der Waals surface area contributed by atoms with Crippen molar-refractivity contribution in [1.82, 2.24) is 0 Å². The summed E-state index contributed by atoms with van der Waals surface area (Å²) in [5.74, 6) is 0. The molecule has 0 aromatic heterocycles. The fourth-order valence-electron chi connectivity index (χ4n) is 0.864. The van der Waals surface area contributed by atoms with Gasteiger partial charge >= 0.3 is 6.18 Å². The van der Waals surface area contributed by atoms with E-state index in [0.717, 1.165) is 12.1 Å². The molecule has 0 saturated carbocycles. The van der Waals surface area contributed by atoms with Gasteiger partial charge in [-0.1, -0.05) is 27.5 Å². The molecule has 0 aliphatic carbocycles. The number of hydrogen-bond donors (Lipinski definition) is 1. The van der Waals surface area contributed by atoms with Crippen molar-refractivity contribution in [3.8, 4) is 0 Å². The lowest BCUT2D eigenvalue weighted by atomic mass is 10.2. The summed E-state index contributed by atoms with van der Waals surface area (Å²) in [6, 6.07) is 2.23.